The first-order chi connectivity index (χ1) is 26.4. The number of imidazole rings is 1. The van der Waals surface area contributed by atoms with Crippen molar-refractivity contribution in [1.82, 2.24) is 55.3 Å². The molecule has 278 valence electrons. The number of aryl methyl sites for hydroxylation is 1. The average Bonchev–Trinajstić information content (AvgIpc) is 4.03. The van der Waals surface area contributed by atoms with Gasteiger partial charge in [-0.1, -0.05) is 73.7 Å². The van der Waals surface area contributed by atoms with E-state index in [1.807, 2.05) is 64.9 Å². The molecular weight excluding hydrogens is 687 g/mol. The first kappa shape index (κ1) is 35.1. The third-order valence-corrected chi connectivity index (χ3v) is 10.3. The lowest BCUT2D eigenvalue weighted by atomic mass is 9.91. The van der Waals surface area contributed by atoms with Gasteiger partial charge < -0.3 is 35.6 Å². The second-order valence-corrected chi connectivity index (χ2v) is 13.8. The zero-order chi connectivity index (χ0) is 37.0. The molecule has 8 rings (SSSR count). The summed E-state index contributed by atoms with van der Waals surface area (Å²) in [6.45, 7) is 3.95. The van der Waals surface area contributed by atoms with E-state index in [1.165, 1.54) is 4.80 Å². The van der Waals surface area contributed by atoms with Gasteiger partial charge in [-0.15, -0.1) is 10.2 Å². The van der Waals surface area contributed by atoms with Crippen LogP contribution in [0, 0.1) is 0 Å². The fourth-order valence-electron chi connectivity index (χ4n) is 7.42. The molecule has 2 aromatic carbocycles. The summed E-state index contributed by atoms with van der Waals surface area (Å²) in [5.74, 6) is 1.60. The number of benzene rings is 2. The smallest absolute Gasteiger partial charge is 0.315 e. The minimum absolute atomic E-state index is 0.0178. The number of urea groups is 1. The maximum atomic E-state index is 12.8. The van der Waals surface area contributed by atoms with Crippen LogP contribution >= 0.6 is 0 Å². The summed E-state index contributed by atoms with van der Waals surface area (Å²) in [5, 5.41) is 44.8. The molecule has 4 aromatic heterocycles. The summed E-state index contributed by atoms with van der Waals surface area (Å²) in [4.78, 5) is 35.2. The number of nitrogens with zero attached hydrogens (tertiary/aromatic N) is 10. The van der Waals surface area contributed by atoms with E-state index in [9.17, 15) is 15.0 Å². The summed E-state index contributed by atoms with van der Waals surface area (Å²) < 4.78 is 1.82. The van der Waals surface area contributed by atoms with Gasteiger partial charge in [0.25, 0.3) is 0 Å². The van der Waals surface area contributed by atoms with Crippen LogP contribution in [-0.4, -0.2) is 98.8 Å². The van der Waals surface area contributed by atoms with Crippen molar-refractivity contribution in [3.63, 3.8) is 0 Å². The average molecular weight is 730 g/mol. The lowest BCUT2D eigenvalue weighted by molar-refractivity contribution is 0.00473. The molecule has 2 aliphatic rings. The molecule has 5 atom stereocenters. The number of aromatic nitrogens is 9. The first-order valence-corrected chi connectivity index (χ1v) is 18.4. The van der Waals surface area contributed by atoms with Crippen LogP contribution in [0.3, 0.4) is 0 Å². The van der Waals surface area contributed by atoms with Gasteiger partial charge in [-0.2, -0.15) is 14.8 Å². The Hall–Kier alpha value is -6.00. The molecule has 1 saturated carbocycles. The van der Waals surface area contributed by atoms with Crippen molar-refractivity contribution in [3.8, 4) is 0 Å². The summed E-state index contributed by atoms with van der Waals surface area (Å²) in [6.07, 6.45) is 4.45. The molecule has 6 aromatic rings. The number of anilines is 2. The van der Waals surface area contributed by atoms with Gasteiger partial charge in [0, 0.05) is 57.0 Å². The fourth-order valence-corrected chi connectivity index (χ4v) is 7.42. The zero-order valence-electron chi connectivity index (χ0n) is 29.8. The van der Waals surface area contributed by atoms with Crippen LogP contribution in [0.15, 0.2) is 91.5 Å². The summed E-state index contributed by atoms with van der Waals surface area (Å²) in [6, 6.07) is 22.9. The number of tetrazole rings is 1. The predicted octanol–water partition coefficient (Wildman–Crippen LogP) is 3.00. The van der Waals surface area contributed by atoms with Gasteiger partial charge in [-0.25, -0.2) is 9.78 Å². The summed E-state index contributed by atoms with van der Waals surface area (Å²) in [5.41, 5.74) is 4.28. The van der Waals surface area contributed by atoms with E-state index in [1.54, 1.807) is 18.7 Å². The van der Waals surface area contributed by atoms with Crippen molar-refractivity contribution < 1.29 is 15.0 Å². The molecule has 0 radical (unpaired) electrons. The molecule has 5 N–H and O–H groups in total. The van der Waals surface area contributed by atoms with Gasteiger partial charge in [0.15, 0.2) is 22.8 Å². The molecule has 0 bridgehead atoms. The van der Waals surface area contributed by atoms with Crippen molar-refractivity contribution in [2.75, 3.05) is 29.9 Å². The number of amides is 2. The monoisotopic (exact) mass is 729 g/mol. The van der Waals surface area contributed by atoms with Crippen LogP contribution < -0.4 is 20.9 Å². The van der Waals surface area contributed by atoms with Crippen molar-refractivity contribution in [2.24, 2.45) is 0 Å². The molecule has 5 heterocycles. The number of carbonyl (C=O) groups excluding carboxylic acids is 1. The van der Waals surface area contributed by atoms with Gasteiger partial charge in [0.05, 0.1) is 12.4 Å². The Morgan fingerprint density at radius 2 is 1.72 bits per heavy atom. The van der Waals surface area contributed by atoms with Gasteiger partial charge in [-0.3, -0.25) is 4.98 Å². The number of pyridine rings is 1. The minimum Gasteiger partial charge on any atom is -0.388 e. The Kier molecular flexibility index (Phi) is 10.1. The van der Waals surface area contributed by atoms with Crippen LogP contribution in [0.4, 0.5) is 16.6 Å². The summed E-state index contributed by atoms with van der Waals surface area (Å²) in [7, 11) is 0. The normalized spacial score (nSPS) is 21.2. The highest BCUT2D eigenvalue weighted by Crippen LogP contribution is 2.40. The van der Waals surface area contributed by atoms with E-state index in [2.05, 4.69) is 60.6 Å². The van der Waals surface area contributed by atoms with Crippen LogP contribution in [0.1, 0.15) is 60.3 Å². The van der Waals surface area contributed by atoms with Crippen molar-refractivity contribution >= 4 is 29.0 Å². The highest BCUT2D eigenvalue weighted by molar-refractivity contribution is 5.84. The topological polar surface area (TPSA) is 197 Å². The minimum atomic E-state index is -1.13. The Morgan fingerprint density at radius 3 is 2.43 bits per heavy atom. The third-order valence-electron chi connectivity index (χ3n) is 10.3. The van der Waals surface area contributed by atoms with Gasteiger partial charge in [-0.05, 0) is 40.8 Å². The quantitative estimate of drug-likeness (QED) is 0.124. The number of fused-ring (bicyclic) bond motifs is 1. The predicted molar refractivity (Wildman–Crippen MR) is 201 cm³/mol. The molecule has 1 unspecified atom stereocenters. The van der Waals surface area contributed by atoms with E-state index in [-0.39, 0.29) is 18.0 Å². The first-order valence-electron chi connectivity index (χ1n) is 18.4. The highest BCUT2D eigenvalue weighted by Gasteiger charge is 2.45. The van der Waals surface area contributed by atoms with E-state index in [0.717, 1.165) is 16.7 Å². The molecule has 2 amide bonds. The number of hydrogen-bond acceptors (Lipinski definition) is 12. The van der Waals surface area contributed by atoms with Crippen molar-refractivity contribution in [1.29, 1.82) is 0 Å². The molecule has 1 saturated heterocycles. The second kappa shape index (κ2) is 15.5. The van der Waals surface area contributed by atoms with E-state index in [4.69, 9.17) is 15.0 Å². The second-order valence-electron chi connectivity index (χ2n) is 13.8. The number of hydrogen-bond donors (Lipinski definition) is 5. The molecule has 16 nitrogen and oxygen atoms in total. The molecule has 0 spiro atoms. The van der Waals surface area contributed by atoms with Crippen LogP contribution in [0.2, 0.25) is 0 Å². The number of aliphatic hydroxyl groups is 2. The Bertz CT molecular complexity index is 2130. The highest BCUT2D eigenvalue weighted by atomic mass is 16.3. The summed E-state index contributed by atoms with van der Waals surface area (Å²) >= 11 is 0. The number of carbonyl (C=O) groups is 1. The lowest BCUT2D eigenvalue weighted by Gasteiger charge is -2.22. The number of nitrogens with one attached hydrogen (secondary N) is 3. The maximum Gasteiger partial charge on any atom is 0.315 e. The Labute approximate surface area is 311 Å². The van der Waals surface area contributed by atoms with E-state index >= 15 is 0 Å². The SMILES string of the molecule is CCc1nnn([C@H]2C[C@@H](n3cnc4c(NCC(c5ccccc5)c5ccccc5)nc(N5CCC(NC(=O)NCc6cccnc6)C5)nc43)[C@H](O)[C@@H]2O)n1. The fraction of sp³-hybridized carbons (Fsp3) is 0.368. The molecule has 54 heavy (non-hydrogen) atoms. The van der Waals surface area contributed by atoms with Gasteiger partial charge in [0.1, 0.15) is 18.2 Å². The Balaban J connectivity index is 1.08. The van der Waals surface area contributed by atoms with Crippen LogP contribution in [-0.2, 0) is 13.0 Å². The standard InChI is InChI=1S/C38H43N13O3/c1-2-31-46-48-51(47-31)30-18-29(33(52)34(30)53)50-23-42-32-35(40-21-28(25-11-5-3-6-12-25)26-13-7-4-8-14-26)44-37(45-36(32)50)49-17-15-27(22-49)43-38(54)41-20-24-10-9-16-39-19-24/h3-14,16,19,23,27-30,33-34,52-53H,2,15,17-18,20-22H2,1H3,(H,40,44,45)(H2,41,43,54)/t27?,29-,30+,33+,34-/m1/s1. The van der Waals surface area contributed by atoms with E-state index in [0.29, 0.717) is 74.2 Å². The molecule has 2 fully saturated rings. The molecule has 1 aliphatic carbocycles. The van der Waals surface area contributed by atoms with Crippen LogP contribution in [0.5, 0.6) is 0 Å². The molecule has 16 heteroatoms. The van der Waals surface area contributed by atoms with Gasteiger partial charge in [0.2, 0.25) is 5.95 Å². The Morgan fingerprint density at radius 1 is 0.963 bits per heavy atom. The number of rotatable bonds is 12. The van der Waals surface area contributed by atoms with Crippen molar-refractivity contribution in [3.05, 3.63) is 114 Å². The van der Waals surface area contributed by atoms with Gasteiger partial charge >= 0.3 is 6.03 Å². The maximum absolute atomic E-state index is 12.8. The lowest BCUT2D eigenvalue weighted by Crippen LogP contribution is -2.43. The zero-order valence-corrected chi connectivity index (χ0v) is 29.8. The van der Waals surface area contributed by atoms with Crippen molar-refractivity contribution in [2.45, 2.75) is 69.0 Å². The third kappa shape index (κ3) is 7.30. The number of aliphatic hydroxyl groups excluding tert-OH is 2. The van der Waals surface area contributed by atoms with Crippen LogP contribution in [0.25, 0.3) is 11.2 Å². The van der Waals surface area contributed by atoms with E-state index < -0.39 is 24.3 Å². The molecule has 1 aliphatic heterocycles. The molecular formula is C38H43N13O3. The largest absolute Gasteiger partial charge is 0.388 e.